The summed E-state index contributed by atoms with van der Waals surface area (Å²) in [6.07, 6.45) is 0. The van der Waals surface area contributed by atoms with Crippen LogP contribution in [0.4, 0.5) is 0 Å². The summed E-state index contributed by atoms with van der Waals surface area (Å²) < 4.78 is 7.57. The molecule has 1 atom stereocenters. The van der Waals surface area contributed by atoms with Gasteiger partial charge < -0.3 is 10.1 Å². The van der Waals surface area contributed by atoms with E-state index in [0.29, 0.717) is 11.8 Å². The second-order valence-corrected chi connectivity index (χ2v) is 8.67. The minimum Gasteiger partial charge on any atom is -0.494 e. The normalized spacial score (nSPS) is 12.1. The smallest absolute Gasteiger partial charge is 0.233 e. The maximum absolute atomic E-state index is 12.4. The fourth-order valence-corrected chi connectivity index (χ4v) is 3.90. The predicted octanol–water partition coefficient (Wildman–Crippen LogP) is 4.65. The molecular formula is C23H28N4O2S. The first-order valence-electron chi connectivity index (χ1n) is 10.1. The maximum atomic E-state index is 12.4. The molecule has 0 spiro atoms. The van der Waals surface area contributed by atoms with Crippen molar-refractivity contribution >= 4 is 17.7 Å². The van der Waals surface area contributed by atoms with Gasteiger partial charge in [-0.1, -0.05) is 35.5 Å². The van der Waals surface area contributed by atoms with Crippen LogP contribution < -0.4 is 10.1 Å². The Kier molecular flexibility index (Phi) is 7.15. The van der Waals surface area contributed by atoms with Crippen molar-refractivity contribution in [3.05, 3.63) is 54.1 Å². The van der Waals surface area contributed by atoms with Gasteiger partial charge in [-0.3, -0.25) is 9.36 Å². The summed E-state index contributed by atoms with van der Waals surface area (Å²) in [6.45, 7) is 10.4. The molecule has 7 heteroatoms. The Labute approximate surface area is 182 Å². The zero-order valence-electron chi connectivity index (χ0n) is 18.0. The number of nitrogens with one attached hydrogen (secondary N) is 1. The average molecular weight is 425 g/mol. The number of nitrogens with zero attached hydrogens (tertiary/aromatic N) is 3. The molecular weight excluding hydrogens is 396 g/mol. The molecule has 0 radical (unpaired) electrons. The van der Waals surface area contributed by atoms with Crippen LogP contribution in [-0.2, 0) is 4.79 Å². The van der Waals surface area contributed by atoms with Crippen molar-refractivity contribution in [2.24, 2.45) is 0 Å². The second-order valence-electron chi connectivity index (χ2n) is 7.36. The summed E-state index contributed by atoms with van der Waals surface area (Å²) in [5.74, 6) is 1.53. The van der Waals surface area contributed by atoms with Crippen molar-refractivity contribution < 1.29 is 9.53 Å². The molecule has 1 aromatic heterocycles. The highest BCUT2D eigenvalue weighted by atomic mass is 32.2. The summed E-state index contributed by atoms with van der Waals surface area (Å²) in [5.41, 5.74) is 3.04. The van der Waals surface area contributed by atoms with E-state index in [-0.39, 0.29) is 17.2 Å². The summed E-state index contributed by atoms with van der Waals surface area (Å²) in [4.78, 5) is 12.4. The lowest BCUT2D eigenvalue weighted by molar-refractivity contribution is -0.120. The third-order valence-electron chi connectivity index (χ3n) is 4.40. The highest BCUT2D eigenvalue weighted by Gasteiger charge is 2.22. The van der Waals surface area contributed by atoms with Crippen molar-refractivity contribution in [1.82, 2.24) is 20.1 Å². The van der Waals surface area contributed by atoms with Crippen LogP contribution in [0.25, 0.3) is 17.1 Å². The quantitative estimate of drug-likeness (QED) is 0.533. The number of benzene rings is 2. The molecule has 3 rings (SSSR count). The number of carbonyl (C=O) groups is 1. The lowest BCUT2D eigenvalue weighted by Crippen LogP contribution is -2.36. The molecule has 0 saturated heterocycles. The molecule has 0 aliphatic rings. The first-order valence-corrected chi connectivity index (χ1v) is 11.0. The minimum absolute atomic E-state index is 0.0200. The predicted molar refractivity (Wildman–Crippen MR) is 121 cm³/mol. The van der Waals surface area contributed by atoms with E-state index in [1.165, 1.54) is 11.8 Å². The Morgan fingerprint density at radius 3 is 2.50 bits per heavy atom. The third kappa shape index (κ3) is 5.21. The Balaban J connectivity index is 2.01. The van der Waals surface area contributed by atoms with E-state index in [2.05, 4.69) is 34.6 Å². The first kappa shape index (κ1) is 21.9. The molecule has 30 heavy (non-hydrogen) atoms. The highest BCUT2D eigenvalue weighted by Crippen LogP contribution is 2.31. The van der Waals surface area contributed by atoms with Crippen LogP contribution in [-0.4, -0.2) is 38.6 Å². The third-order valence-corrected chi connectivity index (χ3v) is 5.44. The van der Waals surface area contributed by atoms with E-state index in [9.17, 15) is 4.79 Å². The first-order chi connectivity index (χ1) is 14.4. The van der Waals surface area contributed by atoms with Crippen LogP contribution in [0.3, 0.4) is 0 Å². The second kappa shape index (κ2) is 9.80. The summed E-state index contributed by atoms with van der Waals surface area (Å²) in [5, 5.41) is 12.2. The Morgan fingerprint density at radius 1 is 1.13 bits per heavy atom. The van der Waals surface area contributed by atoms with Gasteiger partial charge >= 0.3 is 0 Å². The number of carbonyl (C=O) groups excluding carboxylic acids is 1. The number of thioether (sulfide) groups is 1. The van der Waals surface area contributed by atoms with Crippen molar-refractivity contribution in [3.63, 3.8) is 0 Å². The van der Waals surface area contributed by atoms with Crippen LogP contribution in [0.5, 0.6) is 5.75 Å². The standard InChI is InChI=1S/C23H28N4O2S/c1-6-29-20-12-10-19(11-13-20)27-21(18-9-7-8-16(4)14-18)25-26-23(27)30-17(5)22(28)24-15(2)3/h7-15,17H,6H2,1-5H3,(H,24,28). The molecule has 1 N–H and O–H groups in total. The van der Waals surface area contributed by atoms with Gasteiger partial charge in [-0.15, -0.1) is 10.2 Å². The van der Waals surface area contributed by atoms with Crippen LogP contribution >= 0.6 is 11.8 Å². The van der Waals surface area contributed by atoms with Gasteiger partial charge in [-0.25, -0.2) is 0 Å². The van der Waals surface area contributed by atoms with Gasteiger partial charge in [0.25, 0.3) is 0 Å². The Morgan fingerprint density at radius 2 is 1.87 bits per heavy atom. The maximum Gasteiger partial charge on any atom is 0.233 e. The van der Waals surface area contributed by atoms with Gasteiger partial charge in [0.1, 0.15) is 5.75 Å². The molecule has 0 saturated carbocycles. The molecule has 0 bridgehead atoms. The van der Waals surface area contributed by atoms with Crippen LogP contribution in [0.15, 0.2) is 53.7 Å². The molecule has 158 valence electrons. The molecule has 1 unspecified atom stereocenters. The van der Waals surface area contributed by atoms with Gasteiger partial charge in [-0.2, -0.15) is 0 Å². The minimum atomic E-state index is -0.302. The Bertz CT molecular complexity index is 999. The number of ether oxygens (including phenoxy) is 1. The number of aromatic nitrogens is 3. The fourth-order valence-electron chi connectivity index (χ4n) is 3.02. The van der Waals surface area contributed by atoms with E-state index in [1.807, 2.05) is 68.7 Å². The van der Waals surface area contributed by atoms with Crippen molar-refractivity contribution in [1.29, 1.82) is 0 Å². The summed E-state index contributed by atoms with van der Waals surface area (Å²) in [6, 6.07) is 16.1. The van der Waals surface area contributed by atoms with E-state index in [4.69, 9.17) is 4.74 Å². The van der Waals surface area contributed by atoms with Crippen LogP contribution in [0.2, 0.25) is 0 Å². The fraction of sp³-hybridized carbons (Fsp3) is 0.348. The number of amides is 1. The molecule has 0 aliphatic carbocycles. The van der Waals surface area contributed by atoms with Gasteiger partial charge in [0.15, 0.2) is 11.0 Å². The largest absolute Gasteiger partial charge is 0.494 e. The van der Waals surface area contributed by atoms with E-state index in [0.717, 1.165) is 28.4 Å². The van der Waals surface area contributed by atoms with E-state index in [1.54, 1.807) is 0 Å². The van der Waals surface area contributed by atoms with Gasteiger partial charge in [0.2, 0.25) is 5.91 Å². The number of hydrogen-bond donors (Lipinski definition) is 1. The Hall–Kier alpha value is -2.80. The van der Waals surface area contributed by atoms with Crippen molar-refractivity contribution in [2.75, 3.05) is 6.61 Å². The molecule has 1 heterocycles. The molecule has 3 aromatic rings. The van der Waals surface area contributed by atoms with Crippen molar-refractivity contribution in [3.8, 4) is 22.8 Å². The summed E-state index contributed by atoms with van der Waals surface area (Å²) >= 11 is 1.40. The molecule has 1 amide bonds. The lowest BCUT2D eigenvalue weighted by atomic mass is 10.1. The molecule has 2 aromatic carbocycles. The highest BCUT2D eigenvalue weighted by molar-refractivity contribution is 8.00. The number of hydrogen-bond acceptors (Lipinski definition) is 5. The summed E-state index contributed by atoms with van der Waals surface area (Å²) in [7, 11) is 0. The average Bonchev–Trinajstić information content (AvgIpc) is 3.12. The molecule has 6 nitrogen and oxygen atoms in total. The van der Waals surface area contributed by atoms with Gasteiger partial charge in [-0.05, 0) is 65.0 Å². The number of aryl methyl sites for hydroxylation is 1. The van der Waals surface area contributed by atoms with Gasteiger partial charge in [0, 0.05) is 17.3 Å². The SMILES string of the molecule is CCOc1ccc(-n2c(SC(C)C(=O)NC(C)C)nnc2-c2cccc(C)c2)cc1. The van der Waals surface area contributed by atoms with Crippen LogP contribution in [0, 0.1) is 6.92 Å². The van der Waals surface area contributed by atoms with E-state index >= 15 is 0 Å². The van der Waals surface area contributed by atoms with Crippen LogP contribution in [0.1, 0.15) is 33.3 Å². The monoisotopic (exact) mass is 424 g/mol. The zero-order valence-corrected chi connectivity index (χ0v) is 18.9. The zero-order chi connectivity index (χ0) is 21.7. The van der Waals surface area contributed by atoms with Gasteiger partial charge in [0.05, 0.1) is 11.9 Å². The topological polar surface area (TPSA) is 69.0 Å². The lowest BCUT2D eigenvalue weighted by Gasteiger charge is -2.15. The van der Waals surface area contributed by atoms with Crippen molar-refractivity contribution in [2.45, 2.75) is 51.1 Å². The van der Waals surface area contributed by atoms with E-state index < -0.39 is 0 Å². The molecule has 0 aliphatic heterocycles. The number of rotatable bonds is 8. The molecule has 0 fully saturated rings.